The Balaban J connectivity index is 1.65. The number of carbonyl (C=O) groups is 3. The fourth-order valence-corrected chi connectivity index (χ4v) is 7.27. The third-order valence-corrected chi connectivity index (χ3v) is 9.77. The number of rotatable bonds is 10. The van der Waals surface area contributed by atoms with Crippen molar-refractivity contribution >= 4 is 46.7 Å². The molecule has 2 aliphatic heterocycles. The molecule has 2 fully saturated rings. The first-order chi connectivity index (χ1) is 21.6. The van der Waals surface area contributed by atoms with Crippen LogP contribution < -0.4 is 21.7 Å². The van der Waals surface area contributed by atoms with Crippen molar-refractivity contribution in [2.75, 3.05) is 12.0 Å². The molecule has 1 aromatic rings. The van der Waals surface area contributed by atoms with Gasteiger partial charge in [0.15, 0.2) is 0 Å². The average Bonchev–Trinajstić information content (AvgIpc) is 3.46. The number of benzene rings is 1. The summed E-state index contributed by atoms with van der Waals surface area (Å²) in [6.45, 7) is 13.6. The van der Waals surface area contributed by atoms with E-state index in [1.165, 1.54) is 6.08 Å². The normalized spacial score (nSPS) is 28.8. The van der Waals surface area contributed by atoms with Gasteiger partial charge < -0.3 is 26.4 Å². The van der Waals surface area contributed by atoms with Gasteiger partial charge in [-0.2, -0.15) is 0 Å². The summed E-state index contributed by atoms with van der Waals surface area (Å²) in [6, 6.07) is 3.29. The van der Waals surface area contributed by atoms with Gasteiger partial charge in [0.1, 0.15) is 24.2 Å². The fourth-order valence-electron chi connectivity index (χ4n) is 7.03. The van der Waals surface area contributed by atoms with Crippen molar-refractivity contribution in [2.24, 2.45) is 23.0 Å². The Morgan fingerprint density at radius 3 is 2.52 bits per heavy atom. The van der Waals surface area contributed by atoms with Gasteiger partial charge in [-0.1, -0.05) is 82.6 Å². The number of fused-ring (bicyclic) bond motifs is 2. The first-order valence-corrected chi connectivity index (χ1v) is 16.8. The summed E-state index contributed by atoms with van der Waals surface area (Å²) in [5.41, 5.74) is 6.47. The number of allylic oxidation sites excluding steroid dienone is 4. The predicted molar refractivity (Wildman–Crippen MR) is 181 cm³/mol. The highest BCUT2D eigenvalue weighted by molar-refractivity contribution is 6.31. The lowest BCUT2D eigenvalue weighted by Crippen LogP contribution is -2.51. The standard InChI is InChI=1S/C35H47Cl2FN4O4/c1-19(2)29(39)32(44)46-24-13-11-23(12-14-24)40-31(43)30-28(20(3)8-7-9-22(37)18-38)35(27(42-30)17-34(4,5)6)25-15-10-21(36)16-26(25)41-33(35)45/h7-10,15-16,19,23-24,27-30,42H,3,11-14,17-18,39H2,1-2,4-6H3,(H,40,43)(H,41,45)/b8-7-,22-9+/t23?,24?,27-,28+,29+,30-,35+/m1/s1. The molecule has 8 nitrogen and oxygen atoms in total. The van der Waals surface area contributed by atoms with Crippen LogP contribution in [0.25, 0.3) is 0 Å². The number of hydrogen-bond acceptors (Lipinski definition) is 6. The molecular weight excluding hydrogens is 630 g/mol. The summed E-state index contributed by atoms with van der Waals surface area (Å²) in [4.78, 5) is 40.9. The molecule has 5 atom stereocenters. The zero-order valence-corrected chi connectivity index (χ0v) is 28.8. The number of halogens is 3. The number of carbonyl (C=O) groups excluding carboxylic acids is 3. The number of hydrogen-bond donors (Lipinski definition) is 4. The summed E-state index contributed by atoms with van der Waals surface area (Å²) < 4.78 is 18.7. The van der Waals surface area contributed by atoms with Gasteiger partial charge >= 0.3 is 5.97 Å². The van der Waals surface area contributed by atoms with Crippen molar-refractivity contribution in [2.45, 2.75) is 102 Å². The van der Waals surface area contributed by atoms with Crippen molar-refractivity contribution in [1.82, 2.24) is 10.6 Å². The second kappa shape index (κ2) is 14.6. The van der Waals surface area contributed by atoms with Crippen molar-refractivity contribution < 1.29 is 23.5 Å². The number of ether oxygens (including phenoxy) is 1. The predicted octanol–water partition coefficient (Wildman–Crippen LogP) is 6.08. The minimum atomic E-state index is -1.18. The summed E-state index contributed by atoms with van der Waals surface area (Å²) in [7, 11) is 0. The van der Waals surface area contributed by atoms with Gasteiger partial charge in [-0.15, -0.1) is 0 Å². The van der Waals surface area contributed by atoms with Crippen LogP contribution in [-0.4, -0.2) is 54.7 Å². The number of anilines is 1. The van der Waals surface area contributed by atoms with E-state index in [9.17, 15) is 18.8 Å². The van der Waals surface area contributed by atoms with Gasteiger partial charge in [-0.05, 0) is 72.8 Å². The molecule has 0 aromatic heterocycles. The molecule has 3 aliphatic rings. The first kappa shape index (κ1) is 36.1. The van der Waals surface area contributed by atoms with E-state index >= 15 is 0 Å². The van der Waals surface area contributed by atoms with Crippen LogP contribution >= 0.6 is 23.2 Å². The molecule has 1 saturated heterocycles. The van der Waals surface area contributed by atoms with Crippen molar-refractivity contribution in [3.63, 3.8) is 0 Å². The lowest BCUT2D eigenvalue weighted by molar-refractivity contribution is -0.153. The molecule has 252 valence electrons. The second-order valence-corrected chi connectivity index (χ2v) is 15.2. The Morgan fingerprint density at radius 1 is 1.24 bits per heavy atom. The molecule has 0 bridgehead atoms. The van der Waals surface area contributed by atoms with E-state index in [1.807, 2.05) is 19.9 Å². The zero-order valence-electron chi connectivity index (χ0n) is 27.3. The summed E-state index contributed by atoms with van der Waals surface area (Å²) in [5.74, 6) is -1.59. The van der Waals surface area contributed by atoms with Crippen LogP contribution in [0.15, 0.2) is 53.6 Å². The highest BCUT2D eigenvalue weighted by Crippen LogP contribution is 2.55. The second-order valence-electron chi connectivity index (χ2n) is 14.3. The van der Waals surface area contributed by atoms with Crippen LogP contribution in [0.1, 0.15) is 72.3 Å². The summed E-state index contributed by atoms with van der Waals surface area (Å²) in [5, 5.41) is 10.3. The third-order valence-electron chi connectivity index (χ3n) is 9.31. The molecule has 46 heavy (non-hydrogen) atoms. The minimum absolute atomic E-state index is 0.0208. The van der Waals surface area contributed by atoms with Gasteiger partial charge in [0.05, 0.1) is 6.04 Å². The molecule has 1 saturated carbocycles. The van der Waals surface area contributed by atoms with Crippen LogP contribution in [0.2, 0.25) is 5.02 Å². The van der Waals surface area contributed by atoms with E-state index in [4.69, 9.17) is 33.7 Å². The molecule has 1 spiro atoms. The molecule has 11 heteroatoms. The topological polar surface area (TPSA) is 123 Å². The van der Waals surface area contributed by atoms with Gasteiger partial charge in [-0.25, -0.2) is 4.39 Å². The average molecular weight is 678 g/mol. The van der Waals surface area contributed by atoms with E-state index in [0.717, 1.165) is 5.56 Å². The maximum absolute atomic E-state index is 14.3. The first-order valence-electron chi connectivity index (χ1n) is 16.0. The van der Waals surface area contributed by atoms with Crippen LogP contribution in [0.4, 0.5) is 10.1 Å². The molecular formula is C35H47Cl2FN4O4. The van der Waals surface area contributed by atoms with Gasteiger partial charge in [0, 0.05) is 33.7 Å². The lowest BCUT2D eigenvalue weighted by Gasteiger charge is -2.38. The smallest absolute Gasteiger partial charge is 0.323 e. The zero-order chi connectivity index (χ0) is 34.0. The SMILES string of the molecule is C=C(/C=C\C=C(\Cl)CF)[C@H]1[C@H](C(=O)NC2CCC(OC(=O)[C@@H](N)C(C)C)CC2)N[C@H](CC(C)(C)C)[C@]12C(=O)Nc1cc(Cl)ccc12. The Kier molecular flexibility index (Phi) is 11.5. The Hall–Kier alpha value is -2.72. The van der Waals surface area contributed by atoms with Crippen molar-refractivity contribution in [3.8, 4) is 0 Å². The summed E-state index contributed by atoms with van der Waals surface area (Å²) >= 11 is 12.2. The van der Waals surface area contributed by atoms with Gasteiger partial charge in [0.2, 0.25) is 11.8 Å². The number of nitrogens with one attached hydrogen (secondary N) is 3. The maximum atomic E-state index is 14.3. The van der Waals surface area contributed by atoms with Crippen LogP contribution in [0.5, 0.6) is 0 Å². The van der Waals surface area contributed by atoms with E-state index in [2.05, 4.69) is 43.3 Å². The third kappa shape index (κ3) is 7.70. The van der Waals surface area contributed by atoms with Crippen LogP contribution in [-0.2, 0) is 24.5 Å². The molecule has 0 unspecified atom stereocenters. The lowest BCUT2D eigenvalue weighted by atomic mass is 9.62. The highest BCUT2D eigenvalue weighted by Gasteiger charge is 2.65. The molecule has 2 heterocycles. The van der Waals surface area contributed by atoms with E-state index in [1.54, 1.807) is 24.3 Å². The Morgan fingerprint density at radius 2 is 1.91 bits per heavy atom. The summed E-state index contributed by atoms with van der Waals surface area (Å²) in [6.07, 6.45) is 7.52. The molecule has 1 aliphatic carbocycles. The fraction of sp³-hybridized carbons (Fsp3) is 0.571. The maximum Gasteiger partial charge on any atom is 0.323 e. The quantitative estimate of drug-likeness (QED) is 0.176. The van der Waals surface area contributed by atoms with Crippen LogP contribution in [0, 0.1) is 17.3 Å². The van der Waals surface area contributed by atoms with Crippen molar-refractivity contribution in [3.05, 3.63) is 64.2 Å². The van der Waals surface area contributed by atoms with Gasteiger partial charge in [-0.3, -0.25) is 14.4 Å². The number of alkyl halides is 1. The minimum Gasteiger partial charge on any atom is -0.461 e. The number of esters is 1. The molecule has 1 aromatic carbocycles. The molecule has 2 amide bonds. The molecule has 4 rings (SSSR count). The number of nitrogens with two attached hydrogens (primary N) is 1. The van der Waals surface area contributed by atoms with E-state index in [-0.39, 0.29) is 40.3 Å². The highest BCUT2D eigenvalue weighted by atomic mass is 35.5. The van der Waals surface area contributed by atoms with E-state index < -0.39 is 42.1 Å². The number of amides is 2. The molecule has 5 N–H and O–H groups in total. The van der Waals surface area contributed by atoms with Gasteiger partial charge in [0.25, 0.3) is 0 Å². The Labute approximate surface area is 281 Å². The van der Waals surface area contributed by atoms with Crippen LogP contribution in [0.3, 0.4) is 0 Å². The van der Waals surface area contributed by atoms with Crippen molar-refractivity contribution in [1.29, 1.82) is 0 Å². The largest absolute Gasteiger partial charge is 0.461 e. The Bertz CT molecular complexity index is 1400. The van der Waals surface area contributed by atoms with E-state index in [0.29, 0.717) is 48.4 Å². The molecule has 0 radical (unpaired) electrons. The monoisotopic (exact) mass is 676 g/mol.